The highest BCUT2D eigenvalue weighted by Gasteiger charge is 2.27. The summed E-state index contributed by atoms with van der Waals surface area (Å²) in [6, 6.07) is 0. The number of aromatic nitrogens is 2. The minimum atomic E-state index is -0.294. The number of Topliss-reactive ketones (excluding diaryl/α,β-unsaturated/α-hetero) is 1. The Bertz CT molecular complexity index is 763. The highest BCUT2D eigenvalue weighted by atomic mass is 32.1. The Kier molecular flexibility index (Phi) is 4.56. The summed E-state index contributed by atoms with van der Waals surface area (Å²) in [4.78, 5) is 30.5. The van der Waals surface area contributed by atoms with Crippen LogP contribution in [0.5, 0.6) is 0 Å². The molecule has 0 saturated carbocycles. The van der Waals surface area contributed by atoms with E-state index in [4.69, 9.17) is 0 Å². The molecule has 0 unspecified atom stereocenters. The number of carbonyl (C=O) groups is 1. The van der Waals surface area contributed by atoms with Crippen molar-refractivity contribution in [1.82, 2.24) is 9.55 Å². The van der Waals surface area contributed by atoms with Crippen LogP contribution in [0.1, 0.15) is 18.4 Å². The lowest BCUT2D eigenvalue weighted by Crippen LogP contribution is -2.40. The Balaban J connectivity index is 1.62. The fourth-order valence-corrected chi connectivity index (χ4v) is 3.58. The number of hydrogen-bond acceptors (Lipinski definition) is 5. The fraction of sp³-hybridized carbons (Fsp3) is 0.438. The van der Waals surface area contributed by atoms with Crippen LogP contribution in [0.2, 0.25) is 0 Å². The van der Waals surface area contributed by atoms with Gasteiger partial charge >= 0.3 is 0 Å². The minimum absolute atomic E-state index is 0.0712. The molecule has 3 rings (SSSR count). The number of nitrogens with zero attached hydrogens (tertiary/aromatic N) is 3. The molecule has 0 aromatic carbocycles. The van der Waals surface area contributed by atoms with Crippen molar-refractivity contribution in [2.45, 2.75) is 19.3 Å². The van der Waals surface area contributed by atoms with Gasteiger partial charge in [0.1, 0.15) is 11.6 Å². The van der Waals surface area contributed by atoms with E-state index in [2.05, 4.69) is 4.98 Å². The summed E-state index contributed by atoms with van der Waals surface area (Å²) < 4.78 is 14.9. The summed E-state index contributed by atoms with van der Waals surface area (Å²) in [5, 5.41) is 3.11. The molecule has 1 aliphatic heterocycles. The van der Waals surface area contributed by atoms with Crippen LogP contribution in [0.4, 0.5) is 10.2 Å². The monoisotopic (exact) mass is 335 g/mol. The third kappa shape index (κ3) is 3.34. The van der Waals surface area contributed by atoms with Gasteiger partial charge in [-0.15, -0.1) is 11.3 Å². The molecule has 7 heteroatoms. The molecule has 0 amide bonds. The van der Waals surface area contributed by atoms with Gasteiger partial charge in [-0.2, -0.15) is 0 Å². The van der Waals surface area contributed by atoms with Gasteiger partial charge in [0.05, 0.1) is 0 Å². The van der Waals surface area contributed by atoms with Crippen molar-refractivity contribution in [3.8, 4) is 0 Å². The summed E-state index contributed by atoms with van der Waals surface area (Å²) in [6.45, 7) is 1.24. The lowest BCUT2D eigenvalue weighted by molar-refractivity contribution is -0.122. The van der Waals surface area contributed by atoms with Crippen molar-refractivity contribution in [3.05, 3.63) is 44.9 Å². The molecule has 0 atom stereocenters. The first-order chi connectivity index (χ1) is 11.1. The van der Waals surface area contributed by atoms with Crippen LogP contribution in [0.3, 0.4) is 0 Å². The van der Waals surface area contributed by atoms with Crippen LogP contribution in [0, 0.1) is 11.7 Å². The van der Waals surface area contributed by atoms with Gasteiger partial charge in [0, 0.05) is 55.8 Å². The second-order valence-electron chi connectivity index (χ2n) is 5.82. The van der Waals surface area contributed by atoms with Gasteiger partial charge in [0.2, 0.25) is 0 Å². The number of aryl methyl sites for hydroxylation is 1. The van der Waals surface area contributed by atoms with E-state index in [0.717, 1.165) is 0 Å². The summed E-state index contributed by atoms with van der Waals surface area (Å²) in [6.07, 6.45) is 4.73. The maximum Gasteiger partial charge on any atom is 0.293 e. The molecule has 23 heavy (non-hydrogen) atoms. The smallest absolute Gasteiger partial charge is 0.293 e. The maximum absolute atomic E-state index is 13.4. The standard InChI is InChI=1S/C16H18FN3O2S/c1-19-7-4-18-15(16(19)22)20-5-2-11(3-6-20)14(21)8-12-9-23-10-13(12)17/h4,7,9-11H,2-3,5-6,8H2,1H3. The molecule has 0 spiro atoms. The van der Waals surface area contributed by atoms with Crippen LogP contribution in [0.15, 0.2) is 27.9 Å². The zero-order valence-electron chi connectivity index (χ0n) is 12.9. The first kappa shape index (κ1) is 15.9. The number of ketones is 1. The summed E-state index contributed by atoms with van der Waals surface area (Å²) >= 11 is 1.27. The van der Waals surface area contributed by atoms with E-state index in [1.165, 1.54) is 21.3 Å². The predicted molar refractivity (Wildman–Crippen MR) is 87.4 cm³/mol. The maximum atomic E-state index is 13.4. The van der Waals surface area contributed by atoms with Crippen LogP contribution in [0.25, 0.3) is 0 Å². The summed E-state index contributed by atoms with van der Waals surface area (Å²) in [5.41, 5.74) is 0.360. The lowest BCUT2D eigenvalue weighted by Gasteiger charge is -2.31. The molecule has 0 aliphatic carbocycles. The summed E-state index contributed by atoms with van der Waals surface area (Å²) in [7, 11) is 1.69. The Hall–Kier alpha value is -2.02. The third-order valence-electron chi connectivity index (χ3n) is 4.30. The molecule has 122 valence electrons. The lowest BCUT2D eigenvalue weighted by atomic mass is 9.90. The zero-order chi connectivity index (χ0) is 16.4. The molecule has 1 aliphatic rings. The Morgan fingerprint density at radius 2 is 2.13 bits per heavy atom. The highest BCUT2D eigenvalue weighted by molar-refractivity contribution is 7.08. The van der Waals surface area contributed by atoms with Gasteiger partial charge in [0.15, 0.2) is 5.82 Å². The molecule has 0 bridgehead atoms. The molecule has 5 nitrogen and oxygen atoms in total. The molecule has 0 N–H and O–H groups in total. The van der Waals surface area contributed by atoms with Gasteiger partial charge in [-0.3, -0.25) is 9.59 Å². The zero-order valence-corrected chi connectivity index (χ0v) is 13.7. The molecular weight excluding hydrogens is 317 g/mol. The minimum Gasteiger partial charge on any atom is -0.352 e. The van der Waals surface area contributed by atoms with Crippen molar-refractivity contribution in [1.29, 1.82) is 0 Å². The highest BCUT2D eigenvalue weighted by Crippen LogP contribution is 2.23. The van der Waals surface area contributed by atoms with Gasteiger partial charge in [-0.05, 0) is 18.2 Å². The van der Waals surface area contributed by atoms with Gasteiger partial charge in [-0.25, -0.2) is 9.37 Å². The molecule has 1 saturated heterocycles. The third-order valence-corrected chi connectivity index (χ3v) is 5.07. The van der Waals surface area contributed by atoms with Crippen molar-refractivity contribution < 1.29 is 9.18 Å². The van der Waals surface area contributed by atoms with Crippen molar-refractivity contribution >= 4 is 22.9 Å². The number of hydrogen-bond donors (Lipinski definition) is 0. The van der Waals surface area contributed by atoms with Gasteiger partial charge in [-0.1, -0.05) is 0 Å². The van der Waals surface area contributed by atoms with E-state index < -0.39 is 0 Å². The second kappa shape index (κ2) is 6.62. The average Bonchev–Trinajstić information content (AvgIpc) is 2.95. The fourth-order valence-electron chi connectivity index (χ4n) is 2.88. The Labute approximate surface area is 137 Å². The molecule has 2 aromatic heterocycles. The van der Waals surface area contributed by atoms with E-state index in [9.17, 15) is 14.0 Å². The van der Waals surface area contributed by atoms with Crippen molar-refractivity contribution in [3.63, 3.8) is 0 Å². The van der Waals surface area contributed by atoms with Gasteiger partial charge < -0.3 is 9.47 Å². The van der Waals surface area contributed by atoms with E-state index in [1.54, 1.807) is 24.8 Å². The van der Waals surface area contributed by atoms with Crippen LogP contribution < -0.4 is 10.5 Å². The van der Waals surface area contributed by atoms with E-state index in [0.29, 0.717) is 37.3 Å². The molecule has 2 aromatic rings. The average molecular weight is 335 g/mol. The number of piperidine rings is 1. The first-order valence-corrected chi connectivity index (χ1v) is 8.50. The molecule has 1 fully saturated rings. The molecule has 3 heterocycles. The second-order valence-corrected chi connectivity index (χ2v) is 6.56. The van der Waals surface area contributed by atoms with Crippen LogP contribution in [-0.2, 0) is 18.3 Å². The number of anilines is 1. The van der Waals surface area contributed by atoms with E-state index in [-0.39, 0.29) is 29.5 Å². The normalized spacial score (nSPS) is 15.8. The van der Waals surface area contributed by atoms with Crippen LogP contribution >= 0.6 is 11.3 Å². The van der Waals surface area contributed by atoms with E-state index >= 15 is 0 Å². The first-order valence-electron chi connectivity index (χ1n) is 7.56. The largest absolute Gasteiger partial charge is 0.352 e. The molecular formula is C16H18FN3O2S. The number of thiophene rings is 1. The topological polar surface area (TPSA) is 55.2 Å². The van der Waals surface area contributed by atoms with Crippen LogP contribution in [-0.4, -0.2) is 28.4 Å². The number of carbonyl (C=O) groups excluding carboxylic acids is 1. The predicted octanol–water partition coefficient (Wildman–Crippen LogP) is 2.01. The quantitative estimate of drug-likeness (QED) is 0.858. The van der Waals surface area contributed by atoms with Crippen molar-refractivity contribution in [2.24, 2.45) is 13.0 Å². The van der Waals surface area contributed by atoms with Gasteiger partial charge in [0.25, 0.3) is 5.56 Å². The summed E-state index contributed by atoms with van der Waals surface area (Å²) in [5.74, 6) is 0.150. The Morgan fingerprint density at radius 1 is 1.39 bits per heavy atom. The Morgan fingerprint density at radius 3 is 2.78 bits per heavy atom. The molecule has 0 radical (unpaired) electrons. The SMILES string of the molecule is Cn1ccnc(N2CCC(C(=O)Cc3cscc3F)CC2)c1=O. The van der Waals surface area contributed by atoms with E-state index in [1.807, 2.05) is 4.90 Å². The number of halogens is 1. The van der Waals surface area contributed by atoms with Crippen molar-refractivity contribution in [2.75, 3.05) is 18.0 Å². The number of rotatable bonds is 4.